The first kappa shape index (κ1) is 24.9. The standard InChI is InChI=1S/C34H44ClP/c35-34(33-25-32(26-15-5-1-6-16-26)30-23-13-14-24-31(30)33)36(27-17-7-2-8-18-27,28-19-9-3-10-20-28)29-21-11-4-12-22-29/h1,5-6,13-16,23-25,27-29,36H,2-4,7-12,17-22H2/b34-33+. The zero-order chi connectivity index (χ0) is 24.4. The van der Waals surface area contributed by atoms with Crippen molar-refractivity contribution in [3.8, 4) is 0 Å². The molecule has 2 aromatic rings. The van der Waals surface area contributed by atoms with Crippen LogP contribution in [0.4, 0.5) is 0 Å². The summed E-state index contributed by atoms with van der Waals surface area (Å²) < 4.78 is 1.39. The van der Waals surface area contributed by atoms with Gasteiger partial charge in [0.2, 0.25) is 0 Å². The molecule has 0 saturated heterocycles. The van der Waals surface area contributed by atoms with Gasteiger partial charge in [0, 0.05) is 0 Å². The number of allylic oxidation sites excluding steroid dienone is 2. The van der Waals surface area contributed by atoms with E-state index in [9.17, 15) is 0 Å². The van der Waals surface area contributed by atoms with Gasteiger partial charge in [0.1, 0.15) is 0 Å². The Balaban J connectivity index is 1.57. The van der Waals surface area contributed by atoms with Crippen LogP contribution in [-0.4, -0.2) is 17.0 Å². The second-order valence-corrected chi connectivity index (χ2v) is 17.6. The third-order valence-electron chi connectivity index (χ3n) is 10.3. The molecule has 3 fully saturated rings. The fraction of sp³-hybridized carbons (Fsp3) is 0.529. The van der Waals surface area contributed by atoms with Crippen molar-refractivity contribution >= 4 is 30.0 Å². The molecule has 0 spiro atoms. The minimum absolute atomic E-state index is 0.888. The van der Waals surface area contributed by atoms with E-state index >= 15 is 0 Å². The van der Waals surface area contributed by atoms with E-state index in [4.69, 9.17) is 11.6 Å². The van der Waals surface area contributed by atoms with Gasteiger partial charge in [-0.2, -0.15) is 0 Å². The van der Waals surface area contributed by atoms with Gasteiger partial charge in [-0.05, 0) is 0 Å². The van der Waals surface area contributed by atoms with Crippen LogP contribution in [-0.2, 0) is 0 Å². The van der Waals surface area contributed by atoms with E-state index in [0.717, 1.165) is 17.0 Å². The molecular weight excluding hydrogens is 475 g/mol. The van der Waals surface area contributed by atoms with E-state index in [-0.39, 0.29) is 0 Å². The van der Waals surface area contributed by atoms with Gasteiger partial charge < -0.3 is 0 Å². The molecule has 0 atom stereocenters. The SMILES string of the molecule is Cl/C(=C1/C=C(c2ccccc2)c2ccccc21)[PH](C1CCCCC1)(C1CCCCC1)C1CCCCC1. The molecule has 0 aliphatic heterocycles. The number of benzene rings is 2. The van der Waals surface area contributed by atoms with Gasteiger partial charge in [-0.15, -0.1) is 0 Å². The van der Waals surface area contributed by atoms with Gasteiger partial charge >= 0.3 is 225 Å². The topological polar surface area (TPSA) is 0 Å². The van der Waals surface area contributed by atoms with E-state index in [1.54, 1.807) is 0 Å². The average molecular weight is 519 g/mol. The van der Waals surface area contributed by atoms with Crippen molar-refractivity contribution in [3.05, 3.63) is 82.1 Å². The summed E-state index contributed by atoms with van der Waals surface area (Å²) in [7, 11) is -1.96. The van der Waals surface area contributed by atoms with E-state index < -0.39 is 7.26 Å². The van der Waals surface area contributed by atoms with Crippen molar-refractivity contribution in [1.82, 2.24) is 0 Å². The van der Waals surface area contributed by atoms with Crippen LogP contribution < -0.4 is 0 Å². The molecule has 0 N–H and O–H groups in total. The predicted molar refractivity (Wildman–Crippen MR) is 162 cm³/mol. The Hall–Kier alpha value is -1.36. The molecule has 4 aliphatic rings. The monoisotopic (exact) mass is 518 g/mol. The first-order valence-electron chi connectivity index (χ1n) is 15.1. The van der Waals surface area contributed by atoms with Gasteiger partial charge in [0.15, 0.2) is 0 Å². The van der Waals surface area contributed by atoms with E-state index in [0.29, 0.717) is 0 Å². The van der Waals surface area contributed by atoms with Crippen LogP contribution in [0.5, 0.6) is 0 Å². The van der Waals surface area contributed by atoms with Crippen LogP contribution in [0, 0.1) is 0 Å². The number of hydrogen-bond acceptors (Lipinski definition) is 0. The maximum atomic E-state index is 8.09. The van der Waals surface area contributed by atoms with Gasteiger partial charge in [0.05, 0.1) is 0 Å². The van der Waals surface area contributed by atoms with Crippen molar-refractivity contribution in [1.29, 1.82) is 0 Å². The van der Waals surface area contributed by atoms with Crippen LogP contribution in [0.25, 0.3) is 11.1 Å². The second-order valence-electron chi connectivity index (χ2n) is 12.1. The van der Waals surface area contributed by atoms with Crippen molar-refractivity contribution < 1.29 is 0 Å². The van der Waals surface area contributed by atoms with Crippen molar-refractivity contribution in [3.63, 3.8) is 0 Å². The van der Waals surface area contributed by atoms with Crippen LogP contribution in [0.2, 0.25) is 0 Å². The molecule has 0 heterocycles. The van der Waals surface area contributed by atoms with Crippen LogP contribution >= 0.6 is 18.9 Å². The van der Waals surface area contributed by atoms with Gasteiger partial charge in [-0.3, -0.25) is 0 Å². The van der Waals surface area contributed by atoms with E-state index in [1.165, 1.54) is 129 Å². The molecule has 0 aromatic heterocycles. The summed E-state index contributed by atoms with van der Waals surface area (Å²) in [5, 5.41) is 0. The molecule has 36 heavy (non-hydrogen) atoms. The molecule has 0 amide bonds. The number of hydrogen-bond donors (Lipinski definition) is 0. The summed E-state index contributed by atoms with van der Waals surface area (Å²) in [6, 6.07) is 20.2. The fourth-order valence-corrected chi connectivity index (χ4v) is 18.2. The summed E-state index contributed by atoms with van der Waals surface area (Å²) in [6.45, 7) is 0. The van der Waals surface area contributed by atoms with Crippen LogP contribution in [0.3, 0.4) is 0 Å². The summed E-state index contributed by atoms with van der Waals surface area (Å²) in [5.74, 6) is 0. The quantitative estimate of drug-likeness (QED) is 0.345. The zero-order valence-corrected chi connectivity index (χ0v) is 23.7. The normalized spacial score (nSPS) is 24.3. The molecule has 3 saturated carbocycles. The predicted octanol–water partition coefficient (Wildman–Crippen LogP) is 10.8. The Labute approximate surface area is 225 Å². The Bertz CT molecular complexity index is 1050. The van der Waals surface area contributed by atoms with Gasteiger partial charge in [-0.1, -0.05) is 0 Å². The number of rotatable bonds is 5. The third-order valence-corrected chi connectivity index (χ3v) is 18.3. The summed E-state index contributed by atoms with van der Waals surface area (Å²) in [6.07, 6.45) is 24.1. The zero-order valence-electron chi connectivity index (χ0n) is 22.0. The van der Waals surface area contributed by atoms with Crippen molar-refractivity contribution in [2.24, 2.45) is 0 Å². The molecular formula is C34H44ClP. The first-order chi connectivity index (χ1) is 17.8. The van der Waals surface area contributed by atoms with Crippen molar-refractivity contribution in [2.45, 2.75) is 113 Å². The van der Waals surface area contributed by atoms with Gasteiger partial charge in [-0.25, -0.2) is 0 Å². The summed E-state index contributed by atoms with van der Waals surface area (Å²) in [4.78, 5) is 0. The van der Waals surface area contributed by atoms with E-state index in [1.807, 2.05) is 0 Å². The van der Waals surface area contributed by atoms with Crippen LogP contribution in [0.1, 0.15) is 113 Å². The third kappa shape index (κ3) is 4.46. The number of halogens is 1. The molecule has 2 heteroatoms. The molecule has 6 rings (SSSR count). The summed E-state index contributed by atoms with van der Waals surface area (Å²) in [5.41, 5.74) is 9.56. The Morgan fingerprint density at radius 3 is 1.50 bits per heavy atom. The minimum atomic E-state index is -1.96. The molecule has 0 bridgehead atoms. The Kier molecular flexibility index (Phi) is 7.74. The maximum absolute atomic E-state index is 8.09. The van der Waals surface area contributed by atoms with Gasteiger partial charge in [0.25, 0.3) is 0 Å². The van der Waals surface area contributed by atoms with Crippen molar-refractivity contribution in [2.75, 3.05) is 0 Å². The Morgan fingerprint density at radius 2 is 1.00 bits per heavy atom. The molecule has 0 unspecified atom stereocenters. The van der Waals surface area contributed by atoms with E-state index in [2.05, 4.69) is 60.7 Å². The van der Waals surface area contributed by atoms with Crippen LogP contribution in [0.15, 0.2) is 65.4 Å². The number of fused-ring (bicyclic) bond motifs is 1. The average Bonchev–Trinajstić information content (AvgIpc) is 3.35. The molecule has 0 nitrogen and oxygen atoms in total. The summed E-state index contributed by atoms with van der Waals surface area (Å²) >= 11 is 8.09. The molecule has 4 aliphatic carbocycles. The fourth-order valence-electron chi connectivity index (χ4n) is 8.80. The first-order valence-corrected chi connectivity index (χ1v) is 17.7. The molecule has 0 radical (unpaired) electrons. The second kappa shape index (κ2) is 11.2. The Morgan fingerprint density at radius 1 is 0.556 bits per heavy atom. The molecule has 2 aromatic carbocycles. The molecule has 192 valence electrons.